The summed E-state index contributed by atoms with van der Waals surface area (Å²) < 4.78 is 18.5. The van der Waals surface area contributed by atoms with Gasteiger partial charge in [-0.3, -0.25) is 4.79 Å². The van der Waals surface area contributed by atoms with Crippen LogP contribution in [0.25, 0.3) is 0 Å². The molecule has 1 aromatic carbocycles. The van der Waals surface area contributed by atoms with Gasteiger partial charge in [-0.25, -0.2) is 14.4 Å². The summed E-state index contributed by atoms with van der Waals surface area (Å²) in [6.07, 6.45) is 2.25. The molecular formula is C18H21FN4O2. The van der Waals surface area contributed by atoms with E-state index in [0.717, 1.165) is 25.0 Å². The van der Waals surface area contributed by atoms with E-state index < -0.39 is 0 Å². The van der Waals surface area contributed by atoms with E-state index in [4.69, 9.17) is 4.74 Å². The first-order chi connectivity index (χ1) is 12.1. The third-order valence-electron chi connectivity index (χ3n) is 3.97. The highest BCUT2D eigenvalue weighted by atomic mass is 19.1. The molecular weight excluding hydrogens is 323 g/mol. The molecule has 132 valence electrons. The number of ether oxygens (including phenoxy) is 1. The fourth-order valence-corrected chi connectivity index (χ4v) is 2.65. The third-order valence-corrected chi connectivity index (χ3v) is 3.97. The lowest BCUT2D eigenvalue weighted by molar-refractivity contribution is 0.0945. The molecule has 2 aromatic rings. The van der Waals surface area contributed by atoms with Gasteiger partial charge in [0, 0.05) is 25.4 Å². The molecule has 1 amide bonds. The van der Waals surface area contributed by atoms with Crippen molar-refractivity contribution in [2.24, 2.45) is 0 Å². The van der Waals surface area contributed by atoms with E-state index in [9.17, 15) is 9.18 Å². The van der Waals surface area contributed by atoms with Crippen molar-refractivity contribution in [2.45, 2.75) is 32.4 Å². The maximum absolute atomic E-state index is 12.9. The van der Waals surface area contributed by atoms with Crippen LogP contribution in [-0.4, -0.2) is 35.1 Å². The van der Waals surface area contributed by atoms with Crippen molar-refractivity contribution in [2.75, 3.05) is 18.5 Å². The van der Waals surface area contributed by atoms with Gasteiger partial charge < -0.3 is 15.4 Å². The van der Waals surface area contributed by atoms with Crippen molar-refractivity contribution < 1.29 is 13.9 Å². The molecule has 2 heterocycles. The fraction of sp³-hybridized carbons (Fsp3) is 0.389. The summed E-state index contributed by atoms with van der Waals surface area (Å²) in [5.74, 6) is -0.180. The zero-order valence-corrected chi connectivity index (χ0v) is 14.1. The third kappa shape index (κ3) is 4.96. The van der Waals surface area contributed by atoms with Gasteiger partial charge in [0.05, 0.1) is 6.10 Å². The predicted molar refractivity (Wildman–Crippen MR) is 91.8 cm³/mol. The average Bonchev–Trinajstić information content (AvgIpc) is 3.12. The standard InChI is InChI=1S/C18H21FN4O2/c1-12-9-16(17(24)20-10-13-4-6-14(19)7-5-13)23-18(22-12)21-11-15-3-2-8-25-15/h4-7,9,15H,2-3,8,10-11H2,1H3,(H,20,24)(H,21,22,23). The van der Waals surface area contributed by atoms with Crippen molar-refractivity contribution in [3.63, 3.8) is 0 Å². The lowest BCUT2D eigenvalue weighted by Crippen LogP contribution is -2.25. The molecule has 1 atom stereocenters. The quantitative estimate of drug-likeness (QED) is 0.842. The normalized spacial score (nSPS) is 16.6. The van der Waals surface area contributed by atoms with Gasteiger partial charge in [0.25, 0.3) is 5.91 Å². The molecule has 0 aliphatic carbocycles. The zero-order valence-electron chi connectivity index (χ0n) is 14.1. The topological polar surface area (TPSA) is 76.1 Å². The number of hydrogen-bond acceptors (Lipinski definition) is 5. The average molecular weight is 344 g/mol. The van der Waals surface area contributed by atoms with Gasteiger partial charge in [0.15, 0.2) is 0 Å². The number of nitrogens with zero attached hydrogens (tertiary/aromatic N) is 2. The molecule has 1 aliphatic rings. The number of benzene rings is 1. The van der Waals surface area contributed by atoms with Gasteiger partial charge in [0.1, 0.15) is 11.5 Å². The Balaban J connectivity index is 1.60. The Hall–Kier alpha value is -2.54. The van der Waals surface area contributed by atoms with Crippen LogP contribution < -0.4 is 10.6 Å². The summed E-state index contributed by atoms with van der Waals surface area (Å²) >= 11 is 0. The van der Waals surface area contributed by atoms with Gasteiger partial charge in [-0.1, -0.05) is 12.1 Å². The van der Waals surface area contributed by atoms with Crippen LogP contribution in [0.5, 0.6) is 0 Å². The molecule has 0 saturated carbocycles. The van der Waals surface area contributed by atoms with Gasteiger partial charge >= 0.3 is 0 Å². The number of aryl methyl sites for hydroxylation is 1. The maximum atomic E-state index is 12.9. The van der Waals surface area contributed by atoms with Gasteiger partial charge in [0.2, 0.25) is 5.95 Å². The van der Waals surface area contributed by atoms with Crippen LogP contribution in [0, 0.1) is 12.7 Å². The first-order valence-electron chi connectivity index (χ1n) is 8.34. The second kappa shape index (κ2) is 8.02. The maximum Gasteiger partial charge on any atom is 0.270 e. The number of carbonyl (C=O) groups excluding carboxylic acids is 1. The summed E-state index contributed by atoms with van der Waals surface area (Å²) in [5, 5.41) is 5.92. The Bertz CT molecular complexity index is 730. The van der Waals surface area contributed by atoms with Crippen LogP contribution in [-0.2, 0) is 11.3 Å². The van der Waals surface area contributed by atoms with Crippen molar-refractivity contribution in [3.8, 4) is 0 Å². The Kier molecular flexibility index (Phi) is 5.55. The van der Waals surface area contributed by atoms with Gasteiger partial charge in [-0.2, -0.15) is 0 Å². The summed E-state index contributed by atoms with van der Waals surface area (Å²) in [5.41, 5.74) is 1.82. The highest BCUT2D eigenvalue weighted by Crippen LogP contribution is 2.13. The van der Waals surface area contributed by atoms with E-state index >= 15 is 0 Å². The first kappa shape index (κ1) is 17.3. The van der Waals surface area contributed by atoms with Crippen LogP contribution in [0.4, 0.5) is 10.3 Å². The Morgan fingerprint density at radius 1 is 1.32 bits per heavy atom. The van der Waals surface area contributed by atoms with E-state index in [-0.39, 0.29) is 17.8 Å². The van der Waals surface area contributed by atoms with Gasteiger partial charge in [-0.15, -0.1) is 0 Å². The second-order valence-corrected chi connectivity index (χ2v) is 6.04. The molecule has 1 fully saturated rings. The van der Waals surface area contributed by atoms with Crippen molar-refractivity contribution in [1.29, 1.82) is 0 Å². The minimum atomic E-state index is -0.302. The summed E-state index contributed by atoms with van der Waals surface area (Å²) in [7, 11) is 0. The number of aromatic nitrogens is 2. The molecule has 25 heavy (non-hydrogen) atoms. The van der Waals surface area contributed by atoms with Crippen molar-refractivity contribution in [1.82, 2.24) is 15.3 Å². The number of rotatable bonds is 6. The molecule has 1 unspecified atom stereocenters. The second-order valence-electron chi connectivity index (χ2n) is 6.04. The minimum absolute atomic E-state index is 0.167. The lowest BCUT2D eigenvalue weighted by Gasteiger charge is -2.12. The fourth-order valence-electron chi connectivity index (χ4n) is 2.65. The number of halogens is 1. The number of nitrogens with one attached hydrogen (secondary N) is 2. The minimum Gasteiger partial charge on any atom is -0.376 e. The van der Waals surface area contributed by atoms with E-state index in [1.165, 1.54) is 12.1 Å². The summed E-state index contributed by atoms with van der Waals surface area (Å²) in [4.78, 5) is 20.9. The zero-order chi connectivity index (χ0) is 17.6. The van der Waals surface area contributed by atoms with Gasteiger partial charge in [-0.05, 0) is 43.5 Å². The van der Waals surface area contributed by atoms with E-state index in [1.807, 2.05) is 6.92 Å². The van der Waals surface area contributed by atoms with E-state index in [2.05, 4.69) is 20.6 Å². The molecule has 1 aliphatic heterocycles. The molecule has 0 spiro atoms. The lowest BCUT2D eigenvalue weighted by atomic mass is 10.2. The molecule has 1 aromatic heterocycles. The summed E-state index contributed by atoms with van der Waals surface area (Å²) in [6, 6.07) is 7.63. The molecule has 3 rings (SSSR count). The highest BCUT2D eigenvalue weighted by molar-refractivity contribution is 5.92. The van der Waals surface area contributed by atoms with Crippen molar-refractivity contribution >= 4 is 11.9 Å². The van der Waals surface area contributed by atoms with Crippen LogP contribution in [0.1, 0.15) is 34.6 Å². The Morgan fingerprint density at radius 3 is 2.84 bits per heavy atom. The Labute approximate surface area is 145 Å². The van der Waals surface area contributed by atoms with Crippen LogP contribution in [0.15, 0.2) is 30.3 Å². The SMILES string of the molecule is Cc1cc(C(=O)NCc2ccc(F)cc2)nc(NCC2CCCO2)n1. The molecule has 0 bridgehead atoms. The van der Waals surface area contributed by atoms with E-state index in [0.29, 0.717) is 30.4 Å². The molecule has 1 saturated heterocycles. The molecule has 7 heteroatoms. The molecule has 2 N–H and O–H groups in total. The molecule has 0 radical (unpaired) electrons. The smallest absolute Gasteiger partial charge is 0.270 e. The van der Waals surface area contributed by atoms with Crippen LogP contribution in [0.2, 0.25) is 0 Å². The number of anilines is 1. The number of carbonyl (C=O) groups is 1. The monoisotopic (exact) mass is 344 g/mol. The Morgan fingerprint density at radius 2 is 2.12 bits per heavy atom. The van der Waals surface area contributed by atoms with Crippen LogP contribution in [0.3, 0.4) is 0 Å². The summed E-state index contributed by atoms with van der Waals surface area (Å²) in [6.45, 7) is 3.54. The first-order valence-corrected chi connectivity index (χ1v) is 8.34. The highest BCUT2D eigenvalue weighted by Gasteiger charge is 2.16. The molecule has 6 nitrogen and oxygen atoms in total. The van der Waals surface area contributed by atoms with E-state index in [1.54, 1.807) is 18.2 Å². The largest absolute Gasteiger partial charge is 0.376 e. The van der Waals surface area contributed by atoms with Crippen LogP contribution >= 0.6 is 0 Å². The number of amides is 1. The predicted octanol–water partition coefficient (Wildman–Crippen LogP) is 2.45. The number of hydrogen-bond donors (Lipinski definition) is 2. The van der Waals surface area contributed by atoms with Crippen molar-refractivity contribution in [3.05, 3.63) is 53.1 Å².